The minimum atomic E-state index is -0.347. The number of aliphatic hydroxyl groups excluding tert-OH is 1. The number of rotatable bonds is 1. The van der Waals surface area contributed by atoms with E-state index in [1.165, 1.54) is 0 Å². The molecule has 6 heteroatoms. The van der Waals surface area contributed by atoms with Crippen LogP contribution in [0.1, 0.15) is 6.04 Å². The van der Waals surface area contributed by atoms with Crippen LogP contribution in [0.2, 0.25) is 0 Å². The Balaban J connectivity index is 2.24. The maximum atomic E-state index is 9.53. The third kappa shape index (κ3) is 1.34. The third-order valence-corrected chi connectivity index (χ3v) is 2.77. The Morgan fingerprint density at radius 2 is 2.50 bits per heavy atom. The lowest BCUT2D eigenvalue weighted by atomic mass is 10.2. The SMILES string of the molecule is OC1CNCC1n1nncc1I. The van der Waals surface area contributed by atoms with Crippen molar-refractivity contribution in [3.8, 4) is 0 Å². The summed E-state index contributed by atoms with van der Waals surface area (Å²) < 4.78 is 2.71. The van der Waals surface area contributed by atoms with Gasteiger partial charge in [0.15, 0.2) is 0 Å². The zero-order valence-electron chi connectivity index (χ0n) is 6.31. The summed E-state index contributed by atoms with van der Waals surface area (Å²) in [7, 11) is 0. The van der Waals surface area contributed by atoms with E-state index in [1.807, 2.05) is 0 Å². The molecule has 0 bridgehead atoms. The van der Waals surface area contributed by atoms with Gasteiger partial charge in [-0.15, -0.1) is 5.10 Å². The standard InChI is InChI=1S/C6H9IN4O/c7-6-3-9-10-11(6)4-1-8-2-5(4)12/h3-5,8,12H,1-2H2. The summed E-state index contributed by atoms with van der Waals surface area (Å²) in [6.45, 7) is 1.40. The Bertz CT molecular complexity index is 276. The van der Waals surface area contributed by atoms with Crippen LogP contribution in [0.5, 0.6) is 0 Å². The van der Waals surface area contributed by atoms with E-state index in [0.717, 1.165) is 10.2 Å². The maximum Gasteiger partial charge on any atom is 0.120 e. The maximum absolute atomic E-state index is 9.53. The smallest absolute Gasteiger partial charge is 0.120 e. The van der Waals surface area contributed by atoms with Gasteiger partial charge in [0.1, 0.15) is 3.70 Å². The van der Waals surface area contributed by atoms with Gasteiger partial charge in [-0.1, -0.05) is 5.21 Å². The Morgan fingerprint density at radius 1 is 1.67 bits per heavy atom. The number of aromatic nitrogens is 3. The number of hydrogen-bond acceptors (Lipinski definition) is 4. The van der Waals surface area contributed by atoms with Crippen LogP contribution in [-0.2, 0) is 0 Å². The largest absolute Gasteiger partial charge is 0.390 e. The van der Waals surface area contributed by atoms with Gasteiger partial charge in [-0.2, -0.15) is 0 Å². The molecule has 5 nitrogen and oxygen atoms in total. The number of aliphatic hydroxyl groups is 1. The molecule has 0 aliphatic carbocycles. The van der Waals surface area contributed by atoms with Gasteiger partial charge >= 0.3 is 0 Å². The first-order chi connectivity index (χ1) is 5.79. The summed E-state index contributed by atoms with van der Waals surface area (Å²) in [6.07, 6.45) is 1.34. The quantitative estimate of drug-likeness (QED) is 0.674. The second-order valence-electron chi connectivity index (χ2n) is 2.79. The highest BCUT2D eigenvalue weighted by atomic mass is 127. The third-order valence-electron chi connectivity index (χ3n) is 2.00. The number of halogens is 1. The predicted molar refractivity (Wildman–Crippen MR) is 50.7 cm³/mol. The highest BCUT2D eigenvalue weighted by Gasteiger charge is 2.28. The van der Waals surface area contributed by atoms with Gasteiger partial charge < -0.3 is 10.4 Å². The van der Waals surface area contributed by atoms with Gasteiger partial charge in [0, 0.05) is 13.1 Å². The average molecular weight is 280 g/mol. The predicted octanol–water partition coefficient (Wildman–Crippen LogP) is -0.612. The Morgan fingerprint density at radius 3 is 3.00 bits per heavy atom. The lowest BCUT2D eigenvalue weighted by molar-refractivity contribution is 0.142. The van der Waals surface area contributed by atoms with Crippen molar-refractivity contribution in [2.75, 3.05) is 13.1 Å². The molecule has 1 aromatic rings. The van der Waals surface area contributed by atoms with Crippen molar-refractivity contribution in [2.24, 2.45) is 0 Å². The first-order valence-corrected chi connectivity index (χ1v) is 4.81. The lowest BCUT2D eigenvalue weighted by Crippen LogP contribution is -2.24. The molecule has 12 heavy (non-hydrogen) atoms. The topological polar surface area (TPSA) is 63.0 Å². The molecule has 1 aliphatic rings. The van der Waals surface area contributed by atoms with E-state index >= 15 is 0 Å². The highest BCUT2D eigenvalue weighted by molar-refractivity contribution is 14.1. The lowest BCUT2D eigenvalue weighted by Gasteiger charge is -2.13. The molecular formula is C6H9IN4O. The summed E-state index contributed by atoms with van der Waals surface area (Å²) >= 11 is 2.15. The molecule has 2 N–H and O–H groups in total. The molecule has 2 heterocycles. The van der Waals surface area contributed by atoms with E-state index < -0.39 is 0 Å². The van der Waals surface area contributed by atoms with Crippen LogP contribution in [-0.4, -0.2) is 39.3 Å². The van der Waals surface area contributed by atoms with Gasteiger partial charge in [-0.3, -0.25) is 0 Å². The van der Waals surface area contributed by atoms with Gasteiger partial charge in [-0.25, -0.2) is 4.68 Å². The molecule has 0 aromatic carbocycles. The van der Waals surface area contributed by atoms with Crippen LogP contribution in [0.3, 0.4) is 0 Å². The van der Waals surface area contributed by atoms with Crippen LogP contribution in [0.15, 0.2) is 6.20 Å². The van der Waals surface area contributed by atoms with E-state index in [2.05, 4.69) is 38.2 Å². The van der Waals surface area contributed by atoms with Gasteiger partial charge in [-0.05, 0) is 22.6 Å². The minimum Gasteiger partial charge on any atom is -0.390 e. The fraction of sp³-hybridized carbons (Fsp3) is 0.667. The molecule has 1 saturated heterocycles. The van der Waals surface area contributed by atoms with Crippen LogP contribution in [0.4, 0.5) is 0 Å². The van der Waals surface area contributed by atoms with E-state index in [4.69, 9.17) is 0 Å². The molecule has 66 valence electrons. The molecule has 2 unspecified atom stereocenters. The Hall–Kier alpha value is -0.210. The van der Waals surface area contributed by atoms with Crippen molar-refractivity contribution in [3.05, 3.63) is 9.90 Å². The van der Waals surface area contributed by atoms with Gasteiger partial charge in [0.2, 0.25) is 0 Å². The van der Waals surface area contributed by atoms with Crippen LogP contribution >= 0.6 is 22.6 Å². The number of β-amino-alcohol motifs (C(OH)–C–C–N with tert-alkyl or cyclic N) is 1. The summed E-state index contributed by atoms with van der Waals surface area (Å²) in [5, 5.41) is 20.3. The van der Waals surface area contributed by atoms with Crippen LogP contribution < -0.4 is 5.32 Å². The number of nitrogens with zero attached hydrogens (tertiary/aromatic N) is 3. The summed E-state index contributed by atoms with van der Waals surface area (Å²) in [4.78, 5) is 0. The number of hydrogen-bond donors (Lipinski definition) is 2. The van der Waals surface area contributed by atoms with E-state index in [9.17, 15) is 5.11 Å². The molecule has 1 fully saturated rings. The summed E-state index contributed by atoms with van der Waals surface area (Å²) in [5.41, 5.74) is 0. The fourth-order valence-electron chi connectivity index (χ4n) is 1.36. The molecule has 1 aliphatic heterocycles. The van der Waals surface area contributed by atoms with Gasteiger partial charge in [0.25, 0.3) is 0 Å². The van der Waals surface area contributed by atoms with E-state index in [0.29, 0.717) is 6.54 Å². The minimum absolute atomic E-state index is 0.0411. The van der Waals surface area contributed by atoms with E-state index in [-0.39, 0.29) is 12.1 Å². The fourth-order valence-corrected chi connectivity index (χ4v) is 1.94. The summed E-state index contributed by atoms with van der Waals surface area (Å²) in [5.74, 6) is 0. The molecule has 0 radical (unpaired) electrons. The Labute approximate surface area is 83.3 Å². The van der Waals surface area contributed by atoms with Crippen molar-refractivity contribution >= 4 is 22.6 Å². The number of nitrogens with one attached hydrogen (secondary N) is 1. The first kappa shape index (κ1) is 8.39. The van der Waals surface area contributed by atoms with E-state index in [1.54, 1.807) is 10.9 Å². The average Bonchev–Trinajstić information content (AvgIpc) is 2.59. The molecule has 0 saturated carbocycles. The molecule has 0 spiro atoms. The molecule has 2 atom stereocenters. The van der Waals surface area contributed by atoms with Crippen molar-refractivity contribution < 1.29 is 5.11 Å². The molecule has 0 amide bonds. The van der Waals surface area contributed by atoms with Gasteiger partial charge in [0.05, 0.1) is 18.3 Å². The second kappa shape index (κ2) is 3.27. The zero-order chi connectivity index (χ0) is 8.55. The zero-order valence-corrected chi connectivity index (χ0v) is 8.47. The van der Waals surface area contributed by atoms with Crippen molar-refractivity contribution in [3.63, 3.8) is 0 Å². The normalized spacial score (nSPS) is 29.5. The van der Waals surface area contributed by atoms with Crippen LogP contribution in [0.25, 0.3) is 0 Å². The molecule has 2 rings (SSSR count). The summed E-state index contributed by atoms with van der Waals surface area (Å²) in [6, 6.07) is 0.0411. The molecular weight excluding hydrogens is 271 g/mol. The monoisotopic (exact) mass is 280 g/mol. The van der Waals surface area contributed by atoms with Crippen LogP contribution in [0, 0.1) is 3.70 Å². The Kier molecular flexibility index (Phi) is 2.28. The molecule has 1 aromatic heterocycles. The first-order valence-electron chi connectivity index (χ1n) is 3.73. The highest BCUT2D eigenvalue weighted by Crippen LogP contribution is 2.17. The van der Waals surface area contributed by atoms with Crippen molar-refractivity contribution in [1.82, 2.24) is 20.3 Å². The van der Waals surface area contributed by atoms with Crippen molar-refractivity contribution in [2.45, 2.75) is 12.1 Å². The second-order valence-corrected chi connectivity index (χ2v) is 3.90. The van der Waals surface area contributed by atoms with Crippen molar-refractivity contribution in [1.29, 1.82) is 0 Å².